The van der Waals surface area contributed by atoms with E-state index >= 15 is 0 Å². The van der Waals surface area contributed by atoms with Gasteiger partial charge in [0.25, 0.3) is 0 Å². The molecule has 4 heteroatoms. The molecule has 1 heterocycles. The van der Waals surface area contributed by atoms with Crippen LogP contribution < -0.4 is 4.74 Å². The molecule has 0 N–H and O–H groups in total. The van der Waals surface area contributed by atoms with Crippen LogP contribution in [0.5, 0.6) is 5.75 Å². The standard InChI is InChI=1S/C16H17NO3/c1-3-10-20-14-6-4-12(5-7-14)15-11-13(8-9-17-15)16(18)19-2/h4-9,11H,3,10H2,1-2H3. The Morgan fingerprint density at radius 1 is 1.20 bits per heavy atom. The monoisotopic (exact) mass is 271 g/mol. The summed E-state index contributed by atoms with van der Waals surface area (Å²) in [6.07, 6.45) is 2.58. The van der Waals surface area contributed by atoms with Gasteiger partial charge in [-0.3, -0.25) is 4.98 Å². The lowest BCUT2D eigenvalue weighted by atomic mass is 10.1. The maximum Gasteiger partial charge on any atom is 0.337 e. The zero-order chi connectivity index (χ0) is 14.4. The van der Waals surface area contributed by atoms with Gasteiger partial charge in [-0.25, -0.2) is 4.79 Å². The third kappa shape index (κ3) is 3.35. The van der Waals surface area contributed by atoms with Gasteiger partial charge in [-0.05, 0) is 42.8 Å². The van der Waals surface area contributed by atoms with Gasteiger partial charge < -0.3 is 9.47 Å². The molecular weight excluding hydrogens is 254 g/mol. The summed E-state index contributed by atoms with van der Waals surface area (Å²) in [5.74, 6) is 0.469. The Balaban J connectivity index is 2.21. The minimum absolute atomic E-state index is 0.364. The number of benzene rings is 1. The fourth-order valence-corrected chi connectivity index (χ4v) is 1.78. The molecule has 0 saturated carbocycles. The van der Waals surface area contributed by atoms with Crippen molar-refractivity contribution in [1.82, 2.24) is 4.98 Å². The summed E-state index contributed by atoms with van der Waals surface area (Å²) >= 11 is 0. The van der Waals surface area contributed by atoms with Crippen LogP contribution in [-0.2, 0) is 4.74 Å². The third-order valence-corrected chi connectivity index (χ3v) is 2.80. The number of methoxy groups -OCH3 is 1. The van der Waals surface area contributed by atoms with E-state index in [1.165, 1.54) is 7.11 Å². The predicted molar refractivity (Wildman–Crippen MR) is 76.8 cm³/mol. The largest absolute Gasteiger partial charge is 0.494 e. The van der Waals surface area contributed by atoms with E-state index in [0.29, 0.717) is 12.2 Å². The van der Waals surface area contributed by atoms with Crippen LogP contribution >= 0.6 is 0 Å². The van der Waals surface area contributed by atoms with Crippen LogP contribution in [0.1, 0.15) is 23.7 Å². The second-order valence-corrected chi connectivity index (χ2v) is 4.29. The number of hydrogen-bond acceptors (Lipinski definition) is 4. The highest BCUT2D eigenvalue weighted by Crippen LogP contribution is 2.21. The van der Waals surface area contributed by atoms with Crippen LogP contribution in [0, 0.1) is 0 Å². The minimum atomic E-state index is -0.364. The highest BCUT2D eigenvalue weighted by Gasteiger charge is 2.07. The van der Waals surface area contributed by atoms with Crippen LogP contribution in [0.3, 0.4) is 0 Å². The van der Waals surface area contributed by atoms with Crippen molar-refractivity contribution in [3.05, 3.63) is 48.2 Å². The maximum atomic E-state index is 11.5. The highest BCUT2D eigenvalue weighted by atomic mass is 16.5. The Labute approximate surface area is 118 Å². The molecule has 0 atom stereocenters. The molecule has 2 rings (SSSR count). The van der Waals surface area contributed by atoms with Gasteiger partial charge >= 0.3 is 5.97 Å². The number of nitrogens with zero attached hydrogens (tertiary/aromatic N) is 1. The molecule has 0 radical (unpaired) electrons. The van der Waals surface area contributed by atoms with E-state index in [9.17, 15) is 4.79 Å². The molecule has 4 nitrogen and oxygen atoms in total. The summed E-state index contributed by atoms with van der Waals surface area (Å²) in [5.41, 5.74) is 2.15. The van der Waals surface area contributed by atoms with Crippen molar-refractivity contribution in [2.24, 2.45) is 0 Å². The summed E-state index contributed by atoms with van der Waals surface area (Å²) < 4.78 is 10.2. The molecule has 1 aromatic carbocycles. The van der Waals surface area contributed by atoms with Gasteiger partial charge in [0, 0.05) is 11.8 Å². The molecule has 0 fully saturated rings. The Hall–Kier alpha value is -2.36. The topological polar surface area (TPSA) is 48.4 Å². The van der Waals surface area contributed by atoms with E-state index in [2.05, 4.69) is 11.9 Å². The number of ether oxygens (including phenoxy) is 2. The van der Waals surface area contributed by atoms with Crippen molar-refractivity contribution < 1.29 is 14.3 Å². The molecule has 0 amide bonds. The van der Waals surface area contributed by atoms with Crippen LogP contribution in [0.2, 0.25) is 0 Å². The van der Waals surface area contributed by atoms with E-state index in [4.69, 9.17) is 9.47 Å². The first-order chi connectivity index (χ1) is 9.74. The SMILES string of the molecule is CCCOc1ccc(-c2cc(C(=O)OC)ccn2)cc1. The van der Waals surface area contributed by atoms with Crippen molar-refractivity contribution in [1.29, 1.82) is 0 Å². The first kappa shape index (κ1) is 14.1. The molecule has 20 heavy (non-hydrogen) atoms. The number of hydrogen-bond donors (Lipinski definition) is 0. The van der Waals surface area contributed by atoms with E-state index in [1.54, 1.807) is 18.3 Å². The van der Waals surface area contributed by atoms with E-state index in [0.717, 1.165) is 23.4 Å². The van der Waals surface area contributed by atoms with E-state index in [1.807, 2.05) is 24.3 Å². The summed E-state index contributed by atoms with van der Waals surface area (Å²) in [5, 5.41) is 0. The number of carbonyl (C=O) groups excluding carboxylic acids is 1. The average Bonchev–Trinajstić information content (AvgIpc) is 2.52. The molecule has 0 aliphatic heterocycles. The van der Waals surface area contributed by atoms with Gasteiger partial charge in [-0.1, -0.05) is 6.92 Å². The van der Waals surface area contributed by atoms with Gasteiger partial charge in [0.1, 0.15) is 5.75 Å². The molecule has 0 aliphatic carbocycles. The molecule has 1 aromatic heterocycles. The van der Waals surface area contributed by atoms with E-state index in [-0.39, 0.29) is 5.97 Å². The third-order valence-electron chi connectivity index (χ3n) is 2.80. The second-order valence-electron chi connectivity index (χ2n) is 4.29. The fourth-order valence-electron chi connectivity index (χ4n) is 1.78. The van der Waals surface area contributed by atoms with Crippen molar-refractivity contribution >= 4 is 5.97 Å². The van der Waals surface area contributed by atoms with Crippen LogP contribution in [0.15, 0.2) is 42.6 Å². The molecule has 0 saturated heterocycles. The molecule has 0 unspecified atom stereocenters. The summed E-state index contributed by atoms with van der Waals surface area (Å²) in [6, 6.07) is 11.0. The van der Waals surface area contributed by atoms with Crippen molar-refractivity contribution in [2.75, 3.05) is 13.7 Å². The molecular formula is C16H17NO3. The Bertz CT molecular complexity index is 579. The Morgan fingerprint density at radius 2 is 1.95 bits per heavy atom. The first-order valence-electron chi connectivity index (χ1n) is 6.52. The number of rotatable bonds is 5. The Kier molecular flexibility index (Phi) is 4.71. The lowest BCUT2D eigenvalue weighted by molar-refractivity contribution is 0.0600. The van der Waals surface area contributed by atoms with E-state index < -0.39 is 0 Å². The summed E-state index contributed by atoms with van der Waals surface area (Å²) in [7, 11) is 1.36. The molecule has 104 valence electrons. The van der Waals surface area contributed by atoms with Crippen LogP contribution in [0.4, 0.5) is 0 Å². The normalized spacial score (nSPS) is 10.1. The number of pyridine rings is 1. The van der Waals surface area contributed by atoms with Crippen molar-refractivity contribution in [2.45, 2.75) is 13.3 Å². The van der Waals surface area contributed by atoms with Crippen LogP contribution in [0.25, 0.3) is 11.3 Å². The smallest absolute Gasteiger partial charge is 0.337 e. The second kappa shape index (κ2) is 6.70. The molecule has 0 bridgehead atoms. The summed E-state index contributed by atoms with van der Waals surface area (Å²) in [4.78, 5) is 15.8. The van der Waals surface area contributed by atoms with Gasteiger partial charge in [0.15, 0.2) is 0 Å². The number of aromatic nitrogens is 1. The maximum absolute atomic E-state index is 11.5. The zero-order valence-corrected chi connectivity index (χ0v) is 11.6. The molecule has 0 spiro atoms. The lowest BCUT2D eigenvalue weighted by Gasteiger charge is -2.06. The molecule has 2 aromatic rings. The zero-order valence-electron chi connectivity index (χ0n) is 11.6. The summed E-state index contributed by atoms with van der Waals surface area (Å²) in [6.45, 7) is 2.77. The number of esters is 1. The van der Waals surface area contributed by atoms with Gasteiger partial charge in [0.05, 0.1) is 25.0 Å². The quantitative estimate of drug-likeness (QED) is 0.783. The van der Waals surface area contributed by atoms with Crippen LogP contribution in [-0.4, -0.2) is 24.7 Å². The van der Waals surface area contributed by atoms with Gasteiger partial charge in [-0.15, -0.1) is 0 Å². The highest BCUT2D eigenvalue weighted by molar-refractivity contribution is 5.90. The lowest BCUT2D eigenvalue weighted by Crippen LogP contribution is -2.01. The van der Waals surface area contributed by atoms with Gasteiger partial charge in [-0.2, -0.15) is 0 Å². The molecule has 0 aliphatic rings. The minimum Gasteiger partial charge on any atom is -0.494 e. The predicted octanol–water partition coefficient (Wildman–Crippen LogP) is 3.32. The average molecular weight is 271 g/mol. The number of carbonyl (C=O) groups is 1. The van der Waals surface area contributed by atoms with Gasteiger partial charge in [0.2, 0.25) is 0 Å². The first-order valence-corrected chi connectivity index (χ1v) is 6.52. The Morgan fingerprint density at radius 3 is 2.60 bits per heavy atom. The fraction of sp³-hybridized carbons (Fsp3) is 0.250. The van der Waals surface area contributed by atoms with Crippen molar-refractivity contribution in [3.63, 3.8) is 0 Å². The van der Waals surface area contributed by atoms with Crippen molar-refractivity contribution in [3.8, 4) is 17.0 Å².